The number of sulfonamides is 1. The molecule has 0 unspecified atom stereocenters. The highest BCUT2D eigenvalue weighted by atomic mass is 32.2. The zero-order valence-electron chi connectivity index (χ0n) is 16.6. The molecule has 30 heavy (non-hydrogen) atoms. The predicted octanol–water partition coefficient (Wildman–Crippen LogP) is 2.13. The van der Waals surface area contributed by atoms with E-state index in [0.29, 0.717) is 25.3 Å². The van der Waals surface area contributed by atoms with Crippen LogP contribution >= 0.6 is 11.8 Å². The Morgan fingerprint density at radius 2 is 1.93 bits per heavy atom. The number of anilines is 1. The summed E-state index contributed by atoms with van der Waals surface area (Å²) in [7, 11) is -2.15. The van der Waals surface area contributed by atoms with Crippen LogP contribution in [0.15, 0.2) is 58.3 Å². The van der Waals surface area contributed by atoms with Gasteiger partial charge in [-0.3, -0.25) is 10.1 Å². The molecule has 2 aromatic rings. The average molecular weight is 455 g/mol. The molecule has 0 radical (unpaired) electrons. The number of nitrogens with one attached hydrogen (secondary N) is 1. The molecule has 0 aromatic heterocycles. The number of hydrogen-bond acceptors (Lipinski definition) is 8. The minimum Gasteiger partial charge on any atom is -0.395 e. The van der Waals surface area contributed by atoms with Crippen molar-refractivity contribution < 1.29 is 18.4 Å². The molecule has 0 spiro atoms. The van der Waals surface area contributed by atoms with E-state index in [1.165, 1.54) is 12.1 Å². The van der Waals surface area contributed by atoms with Crippen LogP contribution < -0.4 is 10.5 Å². The Morgan fingerprint density at radius 3 is 2.53 bits per heavy atom. The molecular formula is C19H26N4O5S2. The lowest BCUT2D eigenvalue weighted by Gasteiger charge is -2.23. The van der Waals surface area contributed by atoms with Gasteiger partial charge in [0.05, 0.1) is 16.4 Å². The van der Waals surface area contributed by atoms with Gasteiger partial charge < -0.3 is 15.3 Å². The maximum Gasteiger partial charge on any atom is 0.293 e. The lowest BCUT2D eigenvalue weighted by atomic mass is 10.2. The van der Waals surface area contributed by atoms with Crippen molar-refractivity contribution in [2.45, 2.75) is 22.3 Å². The van der Waals surface area contributed by atoms with E-state index in [0.717, 1.165) is 11.0 Å². The summed E-state index contributed by atoms with van der Waals surface area (Å²) in [6, 6.07) is 13.3. The number of nitro groups is 1. The van der Waals surface area contributed by atoms with Crippen LogP contribution in [0, 0.1) is 10.1 Å². The van der Waals surface area contributed by atoms with Crippen LogP contribution in [0.5, 0.6) is 0 Å². The quantitative estimate of drug-likeness (QED) is 0.252. The zero-order chi connectivity index (χ0) is 22.1. The first-order chi connectivity index (χ1) is 14.2. The van der Waals surface area contributed by atoms with Crippen molar-refractivity contribution in [2.24, 2.45) is 5.14 Å². The number of primary sulfonamides is 1. The maximum atomic E-state index is 11.5. The van der Waals surface area contributed by atoms with Crippen molar-refractivity contribution in [3.63, 3.8) is 0 Å². The Balaban J connectivity index is 2.21. The normalized spacial score (nSPS) is 12.7. The number of rotatable bonds is 12. The number of thioether (sulfide) groups is 1. The largest absolute Gasteiger partial charge is 0.395 e. The highest BCUT2D eigenvalue weighted by Gasteiger charge is 2.21. The minimum absolute atomic E-state index is 0.0495. The second-order valence-corrected chi connectivity index (χ2v) is 9.42. The summed E-state index contributed by atoms with van der Waals surface area (Å²) in [5.41, 5.74) is -0.115. The predicted molar refractivity (Wildman–Crippen MR) is 118 cm³/mol. The first kappa shape index (κ1) is 24.1. The van der Waals surface area contributed by atoms with Gasteiger partial charge in [0.2, 0.25) is 10.0 Å². The minimum atomic E-state index is -4.04. The zero-order valence-corrected chi connectivity index (χ0v) is 18.2. The van der Waals surface area contributed by atoms with Crippen LogP contribution in [-0.2, 0) is 10.0 Å². The summed E-state index contributed by atoms with van der Waals surface area (Å²) in [5.74, 6) is 0.644. The van der Waals surface area contributed by atoms with Crippen LogP contribution in [0.3, 0.4) is 0 Å². The second kappa shape index (κ2) is 11.3. The molecule has 0 aliphatic rings. The molecular weight excluding hydrogens is 428 g/mol. The standard InChI is InChI=1S/C19H26N4O5S2/c1-22(11-12-24)10-9-15(14-29-16-5-3-2-4-6-16)21-18-8-7-17(30(20,27)28)13-19(18)23(25)26/h2-8,13,15,21,24H,9-12,14H2,1H3,(H2,20,27,28)/t15-/m1/s1. The molecule has 0 amide bonds. The van der Waals surface area contributed by atoms with Gasteiger partial charge in [-0.25, -0.2) is 13.6 Å². The van der Waals surface area contributed by atoms with Gasteiger partial charge in [-0.2, -0.15) is 0 Å². The van der Waals surface area contributed by atoms with Crippen molar-refractivity contribution in [2.75, 3.05) is 37.8 Å². The fourth-order valence-corrected chi connectivity index (χ4v) is 4.28. The number of nitro benzene ring substituents is 1. The summed E-state index contributed by atoms with van der Waals surface area (Å²) < 4.78 is 23.1. The molecule has 2 aromatic carbocycles. The van der Waals surface area contributed by atoms with E-state index in [4.69, 9.17) is 10.2 Å². The summed E-state index contributed by atoms with van der Waals surface area (Å²) in [5, 5.41) is 28.9. The number of benzene rings is 2. The average Bonchev–Trinajstić information content (AvgIpc) is 2.70. The van der Waals surface area contributed by atoms with Gasteiger partial charge >= 0.3 is 0 Å². The molecule has 1 atom stereocenters. The van der Waals surface area contributed by atoms with E-state index in [9.17, 15) is 18.5 Å². The van der Waals surface area contributed by atoms with E-state index in [2.05, 4.69) is 5.32 Å². The molecule has 0 heterocycles. The van der Waals surface area contributed by atoms with Crippen molar-refractivity contribution in [3.05, 3.63) is 58.6 Å². The van der Waals surface area contributed by atoms with Gasteiger partial charge in [0, 0.05) is 29.3 Å². The third-order valence-corrected chi connectivity index (χ3v) is 6.47. The van der Waals surface area contributed by atoms with E-state index >= 15 is 0 Å². The molecule has 11 heteroatoms. The Morgan fingerprint density at radius 1 is 1.23 bits per heavy atom. The second-order valence-electron chi connectivity index (χ2n) is 6.76. The van der Waals surface area contributed by atoms with E-state index in [1.54, 1.807) is 11.8 Å². The lowest BCUT2D eigenvalue weighted by Crippen LogP contribution is -2.31. The number of nitrogens with two attached hydrogens (primary N) is 1. The smallest absolute Gasteiger partial charge is 0.293 e. The Hall–Kier alpha value is -2.18. The molecule has 4 N–H and O–H groups in total. The number of aliphatic hydroxyl groups excluding tert-OH is 1. The number of hydrogen-bond donors (Lipinski definition) is 3. The Bertz CT molecular complexity index is 941. The number of likely N-dealkylation sites (N-methyl/N-ethyl adjacent to an activating group) is 1. The molecule has 0 fully saturated rings. The third kappa shape index (κ3) is 7.58. The number of nitrogens with zero attached hydrogens (tertiary/aromatic N) is 2. The highest BCUT2D eigenvalue weighted by molar-refractivity contribution is 7.99. The van der Waals surface area contributed by atoms with Gasteiger partial charge in [0.25, 0.3) is 5.69 Å². The molecule has 0 aliphatic carbocycles. The molecule has 0 bridgehead atoms. The Labute approximate surface area is 180 Å². The van der Waals surface area contributed by atoms with Crippen molar-refractivity contribution in [1.29, 1.82) is 0 Å². The van der Waals surface area contributed by atoms with E-state index in [1.807, 2.05) is 42.3 Å². The van der Waals surface area contributed by atoms with Crippen LogP contribution in [-0.4, -0.2) is 61.9 Å². The van der Waals surface area contributed by atoms with Crippen molar-refractivity contribution in [3.8, 4) is 0 Å². The highest BCUT2D eigenvalue weighted by Crippen LogP contribution is 2.29. The van der Waals surface area contributed by atoms with Crippen LogP contribution in [0.4, 0.5) is 11.4 Å². The van der Waals surface area contributed by atoms with Gasteiger partial charge in [0.15, 0.2) is 0 Å². The van der Waals surface area contributed by atoms with Crippen molar-refractivity contribution in [1.82, 2.24) is 4.90 Å². The summed E-state index contributed by atoms with van der Waals surface area (Å²) in [4.78, 5) is 13.6. The fourth-order valence-electron chi connectivity index (χ4n) is 2.75. The van der Waals surface area contributed by atoms with Crippen LogP contribution in [0.1, 0.15) is 6.42 Å². The number of aliphatic hydroxyl groups is 1. The topological polar surface area (TPSA) is 139 Å². The van der Waals surface area contributed by atoms with Gasteiger partial charge in [-0.1, -0.05) is 18.2 Å². The molecule has 0 saturated heterocycles. The first-order valence-electron chi connectivity index (χ1n) is 9.25. The van der Waals surface area contributed by atoms with E-state index < -0.39 is 14.9 Å². The summed E-state index contributed by atoms with van der Waals surface area (Å²) in [6.07, 6.45) is 0.671. The van der Waals surface area contributed by atoms with Crippen molar-refractivity contribution >= 4 is 33.2 Å². The summed E-state index contributed by atoms with van der Waals surface area (Å²) in [6.45, 7) is 1.26. The monoisotopic (exact) mass is 454 g/mol. The molecule has 9 nitrogen and oxygen atoms in total. The molecule has 0 saturated carbocycles. The fraction of sp³-hybridized carbons (Fsp3) is 0.368. The SMILES string of the molecule is CN(CCO)CC[C@H](CSc1ccccc1)Nc1ccc(S(N)(=O)=O)cc1[N+](=O)[O-]. The van der Waals surface area contributed by atoms with Gasteiger partial charge in [-0.05, 0) is 44.3 Å². The van der Waals surface area contributed by atoms with Gasteiger partial charge in [0.1, 0.15) is 5.69 Å². The first-order valence-corrected chi connectivity index (χ1v) is 11.8. The maximum absolute atomic E-state index is 11.5. The van der Waals surface area contributed by atoms with Crippen LogP contribution in [0.2, 0.25) is 0 Å². The Kier molecular flexibility index (Phi) is 9.06. The lowest BCUT2D eigenvalue weighted by molar-refractivity contribution is -0.384. The van der Waals surface area contributed by atoms with Crippen LogP contribution in [0.25, 0.3) is 0 Å². The molecule has 164 valence electrons. The molecule has 2 rings (SSSR count). The van der Waals surface area contributed by atoms with E-state index in [-0.39, 0.29) is 28.9 Å². The summed E-state index contributed by atoms with van der Waals surface area (Å²) >= 11 is 1.62. The third-order valence-electron chi connectivity index (χ3n) is 4.39. The molecule has 0 aliphatic heterocycles. The van der Waals surface area contributed by atoms with Gasteiger partial charge in [-0.15, -0.1) is 11.8 Å².